The summed E-state index contributed by atoms with van der Waals surface area (Å²) in [7, 11) is 13.6. The second kappa shape index (κ2) is 12.9. The third kappa shape index (κ3) is 6.40. The van der Waals surface area contributed by atoms with Gasteiger partial charge < -0.3 is 9.47 Å². The fourth-order valence-corrected chi connectivity index (χ4v) is 10.5. The average Bonchev–Trinajstić information content (AvgIpc) is 3.42. The number of carbonyl (C=O) groups is 2. The summed E-state index contributed by atoms with van der Waals surface area (Å²) >= 11 is 0. The van der Waals surface area contributed by atoms with Crippen molar-refractivity contribution < 1.29 is 19.1 Å². The molecule has 2 unspecified atom stereocenters. The Morgan fingerprint density at radius 2 is 1.51 bits per heavy atom. The molecule has 6 rings (SSSR count). The van der Waals surface area contributed by atoms with E-state index >= 15 is 0 Å². The van der Waals surface area contributed by atoms with Gasteiger partial charge >= 0.3 is 11.9 Å². The van der Waals surface area contributed by atoms with E-state index in [-0.39, 0.29) is 23.3 Å². The molecule has 47 heavy (non-hydrogen) atoms. The van der Waals surface area contributed by atoms with E-state index in [0.717, 1.165) is 19.3 Å². The van der Waals surface area contributed by atoms with Crippen LogP contribution in [-0.4, -0.2) is 38.6 Å². The maximum absolute atomic E-state index is 13.0. The van der Waals surface area contributed by atoms with E-state index < -0.39 is 11.0 Å². The quantitative estimate of drug-likeness (QED) is 0.158. The van der Waals surface area contributed by atoms with Crippen molar-refractivity contribution in [3.05, 3.63) is 83.4 Å². The first kappa shape index (κ1) is 34.1. The van der Waals surface area contributed by atoms with Gasteiger partial charge in [0.2, 0.25) is 0 Å². The zero-order valence-corrected chi connectivity index (χ0v) is 29.2. The molecule has 0 aromatic heterocycles. The van der Waals surface area contributed by atoms with Crippen LogP contribution in [0, 0.1) is 46.3 Å². The first-order chi connectivity index (χ1) is 22.3. The van der Waals surface area contributed by atoms with E-state index in [1.54, 1.807) is 24.3 Å². The lowest BCUT2D eigenvalue weighted by Crippen LogP contribution is -2.53. The Morgan fingerprint density at radius 3 is 2.15 bits per heavy atom. The lowest BCUT2D eigenvalue weighted by molar-refractivity contribution is -0.0656. The lowest BCUT2D eigenvalue weighted by atomic mass is 9.45. The molecule has 0 aliphatic heterocycles. The molecular formula is C41H52B2O4. The molecule has 4 aliphatic carbocycles. The molecule has 3 fully saturated rings. The molecule has 6 heteroatoms. The summed E-state index contributed by atoms with van der Waals surface area (Å²) in [4.78, 5) is 25.9. The predicted molar refractivity (Wildman–Crippen MR) is 189 cm³/mol. The van der Waals surface area contributed by atoms with Crippen molar-refractivity contribution in [2.45, 2.75) is 110 Å². The minimum absolute atomic E-state index is 0.0123. The Balaban J connectivity index is 1.11. The van der Waals surface area contributed by atoms with Crippen LogP contribution in [0.5, 0.6) is 0 Å². The van der Waals surface area contributed by atoms with Crippen molar-refractivity contribution in [1.82, 2.24) is 0 Å². The van der Waals surface area contributed by atoms with Crippen molar-refractivity contribution in [2.75, 3.05) is 0 Å². The summed E-state index contributed by atoms with van der Waals surface area (Å²) < 4.78 is 12.0. The third-order valence-corrected chi connectivity index (χ3v) is 13.5. The predicted octanol–water partition coefficient (Wildman–Crippen LogP) is 9.08. The highest BCUT2D eigenvalue weighted by atomic mass is 16.6. The maximum atomic E-state index is 13.0. The van der Waals surface area contributed by atoms with Crippen molar-refractivity contribution in [3.63, 3.8) is 0 Å². The lowest BCUT2D eigenvalue weighted by Gasteiger charge is -2.59. The molecule has 0 N–H and O–H groups in total. The number of fused-ring (bicyclic) bond motifs is 5. The van der Waals surface area contributed by atoms with Crippen LogP contribution in [-0.2, 0) is 9.47 Å². The molecule has 2 aromatic rings. The number of hydrogen-bond donors (Lipinski definition) is 0. The van der Waals surface area contributed by atoms with Crippen LogP contribution in [0.1, 0.15) is 120 Å². The standard InChI is InChI=1S/C41H52B2O4/c1-27(2)41(43,47-37(45)30-14-10-7-11-15-30)23-20-28(3)33-18-19-34-32-17-16-31-26-40(42,46-36(44)29-12-8-6-9-13-29)25-24-38(31,4)35(32)21-22-39(33,34)5/h6-16,27-28,32-35H,17-26H2,1-5H3/t28-,32+,33-,34+,35?,38+,39-,40-,41?/m1/s1. The summed E-state index contributed by atoms with van der Waals surface area (Å²) in [5.74, 6) is 2.48. The van der Waals surface area contributed by atoms with Crippen LogP contribution < -0.4 is 0 Å². The molecule has 4 nitrogen and oxygen atoms in total. The van der Waals surface area contributed by atoms with Gasteiger partial charge in [-0.1, -0.05) is 82.7 Å². The molecule has 246 valence electrons. The van der Waals surface area contributed by atoms with Gasteiger partial charge in [-0.3, -0.25) is 0 Å². The zero-order valence-electron chi connectivity index (χ0n) is 29.2. The minimum atomic E-state index is -0.995. The van der Waals surface area contributed by atoms with Gasteiger partial charge in [-0.05, 0) is 135 Å². The molecule has 0 heterocycles. The summed E-state index contributed by atoms with van der Waals surface area (Å²) in [6.07, 6.45) is 12.5. The minimum Gasteiger partial charge on any atom is -0.466 e. The van der Waals surface area contributed by atoms with E-state index in [0.29, 0.717) is 65.4 Å². The summed E-state index contributed by atoms with van der Waals surface area (Å²) in [6.45, 7) is 11.6. The fourth-order valence-electron chi connectivity index (χ4n) is 10.5. The summed E-state index contributed by atoms with van der Waals surface area (Å²) in [5, 5.41) is 0. The number of allylic oxidation sites excluding steroid dienone is 1. The Morgan fingerprint density at radius 1 is 0.872 bits per heavy atom. The van der Waals surface area contributed by atoms with Gasteiger partial charge in [-0.15, -0.1) is 0 Å². The highest BCUT2D eigenvalue weighted by Crippen LogP contribution is 2.68. The maximum Gasteiger partial charge on any atom is 0.337 e. The average molecular weight is 630 g/mol. The molecule has 0 spiro atoms. The highest BCUT2D eigenvalue weighted by Gasteiger charge is 2.60. The SMILES string of the molecule is [B]C(CC[C@@H](C)[C@H]1CC[C@H]2[C@@H]3CC=C4C[C@]([B])(OC(=O)c5ccccc5)CC[C@]4(C)C3CC[C@]12C)(OC(=O)c1ccccc1)C(C)C. The van der Waals surface area contributed by atoms with Crippen LogP contribution in [0.3, 0.4) is 0 Å². The monoisotopic (exact) mass is 630 g/mol. The van der Waals surface area contributed by atoms with Gasteiger partial charge in [0, 0.05) is 0 Å². The van der Waals surface area contributed by atoms with Crippen LogP contribution in [0.4, 0.5) is 0 Å². The van der Waals surface area contributed by atoms with E-state index in [1.807, 2.05) is 36.4 Å². The number of benzene rings is 2. The van der Waals surface area contributed by atoms with Crippen LogP contribution in [0.2, 0.25) is 0 Å². The summed E-state index contributed by atoms with van der Waals surface area (Å²) in [5.41, 5.74) is 0.954. The number of ether oxygens (including phenoxy) is 2. The second-order valence-corrected chi connectivity index (χ2v) is 16.4. The van der Waals surface area contributed by atoms with Crippen molar-refractivity contribution >= 4 is 27.6 Å². The highest BCUT2D eigenvalue weighted by molar-refractivity contribution is 6.16. The van der Waals surface area contributed by atoms with Crippen LogP contribution in [0.25, 0.3) is 0 Å². The number of hydrogen-bond acceptors (Lipinski definition) is 4. The van der Waals surface area contributed by atoms with Crippen LogP contribution in [0.15, 0.2) is 72.3 Å². The topological polar surface area (TPSA) is 52.6 Å². The molecule has 0 saturated heterocycles. The normalized spacial score (nSPS) is 35.0. The number of rotatable bonds is 9. The number of esters is 2. The third-order valence-electron chi connectivity index (χ3n) is 13.5. The van der Waals surface area contributed by atoms with Gasteiger partial charge in [0.05, 0.1) is 22.1 Å². The van der Waals surface area contributed by atoms with E-state index in [1.165, 1.54) is 31.3 Å². The Labute approximate surface area is 285 Å². The molecule has 2 aromatic carbocycles. The molecule has 4 radical (unpaired) electrons. The van der Waals surface area contributed by atoms with Crippen LogP contribution >= 0.6 is 0 Å². The van der Waals surface area contributed by atoms with Gasteiger partial charge in [-0.25, -0.2) is 9.59 Å². The smallest absolute Gasteiger partial charge is 0.337 e. The second-order valence-electron chi connectivity index (χ2n) is 16.4. The Hall–Kier alpha value is -2.75. The van der Waals surface area contributed by atoms with E-state index in [2.05, 4.69) is 40.7 Å². The first-order valence-corrected chi connectivity index (χ1v) is 18.1. The molecule has 0 amide bonds. The first-order valence-electron chi connectivity index (χ1n) is 18.1. The Bertz CT molecular complexity index is 1470. The van der Waals surface area contributed by atoms with Gasteiger partial charge in [-0.2, -0.15) is 0 Å². The fraction of sp³-hybridized carbons (Fsp3) is 0.610. The molecular weight excluding hydrogens is 578 g/mol. The zero-order chi connectivity index (χ0) is 33.6. The van der Waals surface area contributed by atoms with E-state index in [9.17, 15) is 9.59 Å². The van der Waals surface area contributed by atoms with Gasteiger partial charge in [0.25, 0.3) is 0 Å². The van der Waals surface area contributed by atoms with Crippen molar-refractivity contribution in [3.8, 4) is 0 Å². The summed E-state index contributed by atoms with van der Waals surface area (Å²) in [6, 6.07) is 18.4. The largest absolute Gasteiger partial charge is 0.466 e. The number of carbonyl (C=O) groups excluding carboxylic acids is 2. The Kier molecular flexibility index (Phi) is 9.39. The molecule has 4 aliphatic rings. The molecule has 3 saturated carbocycles. The molecule has 0 bridgehead atoms. The van der Waals surface area contributed by atoms with Crippen molar-refractivity contribution in [2.24, 2.45) is 46.3 Å². The van der Waals surface area contributed by atoms with Crippen molar-refractivity contribution in [1.29, 1.82) is 0 Å². The van der Waals surface area contributed by atoms with E-state index in [4.69, 9.17) is 25.2 Å². The molecule has 9 atom stereocenters. The van der Waals surface area contributed by atoms with Gasteiger partial charge in [0.15, 0.2) is 0 Å². The van der Waals surface area contributed by atoms with Gasteiger partial charge in [0.1, 0.15) is 15.7 Å².